The van der Waals surface area contributed by atoms with E-state index >= 15 is 0 Å². The second-order valence-corrected chi connectivity index (χ2v) is 4.67. The molecule has 0 spiro atoms. The molecule has 0 atom stereocenters. The first-order valence-corrected chi connectivity index (χ1v) is 6.74. The number of hydrogen-bond acceptors (Lipinski definition) is 9. The lowest BCUT2D eigenvalue weighted by Crippen LogP contribution is -2.26. The maximum absolute atomic E-state index is 11.5. The molecule has 0 aliphatic carbocycles. The quantitative estimate of drug-likeness (QED) is 0.476. The third-order valence-corrected chi connectivity index (χ3v) is 2.97. The molecule has 120 valence electrons. The molecule has 0 aliphatic rings. The van der Waals surface area contributed by atoms with Crippen LogP contribution in [-0.2, 0) is 0 Å². The van der Waals surface area contributed by atoms with Crippen molar-refractivity contribution in [1.29, 1.82) is 10.5 Å². The summed E-state index contributed by atoms with van der Waals surface area (Å²) in [5.74, 6) is 0.204. The molecule has 0 aromatic carbocycles. The molecule has 10 heteroatoms. The van der Waals surface area contributed by atoms with E-state index in [-0.39, 0.29) is 24.7 Å². The molecule has 0 bridgehead atoms. The maximum Gasteiger partial charge on any atom is 0.353 e. The molecule has 0 unspecified atom stereocenters. The Balaban J connectivity index is 2.47. The van der Waals surface area contributed by atoms with Gasteiger partial charge >= 0.3 is 5.69 Å². The number of aromatic nitrogens is 3. The van der Waals surface area contributed by atoms with E-state index in [1.807, 2.05) is 19.1 Å². The maximum atomic E-state index is 11.5. The summed E-state index contributed by atoms with van der Waals surface area (Å²) in [4.78, 5) is 23.9. The monoisotopic (exact) mass is 324 g/mol. The average molecular weight is 324 g/mol. The van der Waals surface area contributed by atoms with Crippen molar-refractivity contribution in [3.8, 4) is 12.1 Å². The number of nitrogens with one attached hydrogen (secondary N) is 1. The van der Waals surface area contributed by atoms with E-state index < -0.39 is 10.6 Å². The molecule has 1 N–H and O–H groups in total. The Hall–Kier alpha value is -3.79. The molecule has 24 heavy (non-hydrogen) atoms. The summed E-state index contributed by atoms with van der Waals surface area (Å²) >= 11 is 0. The minimum atomic E-state index is -0.659. The largest absolute Gasteiger partial charge is 0.353 e. The first-order chi connectivity index (χ1) is 11.6. The van der Waals surface area contributed by atoms with Crippen LogP contribution in [0.2, 0.25) is 0 Å². The number of pyridine rings is 1. The fourth-order valence-corrected chi connectivity index (χ4v) is 1.90. The van der Waals surface area contributed by atoms with E-state index in [4.69, 9.17) is 10.5 Å². The van der Waals surface area contributed by atoms with Crippen molar-refractivity contribution in [3.63, 3.8) is 0 Å². The highest BCUT2D eigenvalue weighted by Gasteiger charge is 2.27. The van der Waals surface area contributed by atoms with Gasteiger partial charge in [-0.3, -0.25) is 10.1 Å². The van der Waals surface area contributed by atoms with Crippen LogP contribution in [0.1, 0.15) is 5.56 Å². The first-order valence-electron chi connectivity index (χ1n) is 6.74. The van der Waals surface area contributed by atoms with Crippen LogP contribution >= 0.6 is 0 Å². The summed E-state index contributed by atoms with van der Waals surface area (Å²) in [7, 11) is 0. The molecule has 0 radical (unpaired) electrons. The standard InChI is InChI=1S/C14H12N8O2/c1-10-2-3-11(17-8-10)20-13-12(22(23)24)14(19-9-18-13)21(6-4-15)7-5-16/h2-3,8-9H,6-7H2,1H3,(H,17,18,19,20). The van der Waals surface area contributed by atoms with Gasteiger partial charge in [0.15, 0.2) is 0 Å². The van der Waals surface area contributed by atoms with Gasteiger partial charge in [0, 0.05) is 6.20 Å². The van der Waals surface area contributed by atoms with E-state index in [0.717, 1.165) is 11.9 Å². The van der Waals surface area contributed by atoms with Crippen molar-refractivity contribution in [2.24, 2.45) is 0 Å². The van der Waals surface area contributed by atoms with Gasteiger partial charge in [-0.2, -0.15) is 10.5 Å². The lowest BCUT2D eigenvalue weighted by Gasteiger charge is -2.17. The zero-order valence-electron chi connectivity index (χ0n) is 12.7. The van der Waals surface area contributed by atoms with Crippen molar-refractivity contribution in [3.05, 3.63) is 40.3 Å². The van der Waals surface area contributed by atoms with E-state index in [1.165, 1.54) is 4.90 Å². The fourth-order valence-electron chi connectivity index (χ4n) is 1.90. The summed E-state index contributed by atoms with van der Waals surface area (Å²) in [5, 5.41) is 31.9. The SMILES string of the molecule is Cc1ccc(Nc2ncnc(N(CC#N)CC#N)c2[N+](=O)[O-])nc1. The molecule has 2 heterocycles. The molecular weight excluding hydrogens is 312 g/mol. The Labute approximate surface area is 137 Å². The van der Waals surface area contributed by atoms with Crippen LogP contribution in [-0.4, -0.2) is 33.0 Å². The Morgan fingerprint density at radius 1 is 1.25 bits per heavy atom. The lowest BCUT2D eigenvalue weighted by molar-refractivity contribution is -0.383. The van der Waals surface area contributed by atoms with Crippen molar-refractivity contribution < 1.29 is 4.92 Å². The van der Waals surface area contributed by atoms with Crippen molar-refractivity contribution in [1.82, 2.24) is 15.0 Å². The Morgan fingerprint density at radius 2 is 1.96 bits per heavy atom. The molecule has 10 nitrogen and oxygen atoms in total. The zero-order chi connectivity index (χ0) is 17.5. The summed E-state index contributed by atoms with van der Waals surface area (Å²) < 4.78 is 0. The van der Waals surface area contributed by atoms with Gasteiger partial charge in [-0.1, -0.05) is 6.07 Å². The second-order valence-electron chi connectivity index (χ2n) is 4.67. The molecule has 0 amide bonds. The molecule has 0 fully saturated rings. The van der Waals surface area contributed by atoms with Crippen LogP contribution in [0.5, 0.6) is 0 Å². The smallest absolute Gasteiger partial charge is 0.324 e. The number of anilines is 3. The van der Waals surface area contributed by atoms with Crippen LogP contribution in [0, 0.1) is 39.7 Å². The highest BCUT2D eigenvalue weighted by Crippen LogP contribution is 2.32. The number of hydrogen-bond donors (Lipinski definition) is 1. The second kappa shape index (κ2) is 7.47. The summed E-state index contributed by atoms with van der Waals surface area (Å²) in [6.45, 7) is 1.44. The van der Waals surface area contributed by atoms with E-state index in [1.54, 1.807) is 18.3 Å². The van der Waals surface area contributed by atoms with Gasteiger partial charge in [-0.25, -0.2) is 15.0 Å². The van der Waals surface area contributed by atoms with Gasteiger partial charge in [0.2, 0.25) is 11.6 Å². The predicted octanol–water partition coefficient (Wildman–Crippen LogP) is 1.69. The van der Waals surface area contributed by atoms with E-state index in [2.05, 4.69) is 20.3 Å². The van der Waals surface area contributed by atoms with Gasteiger partial charge < -0.3 is 10.2 Å². The van der Waals surface area contributed by atoms with Gasteiger partial charge in [0.25, 0.3) is 0 Å². The minimum Gasteiger partial charge on any atom is -0.324 e. The van der Waals surface area contributed by atoms with Crippen LogP contribution in [0.25, 0.3) is 0 Å². The van der Waals surface area contributed by atoms with Crippen LogP contribution in [0.15, 0.2) is 24.7 Å². The topological polar surface area (TPSA) is 145 Å². The van der Waals surface area contributed by atoms with Crippen molar-refractivity contribution in [2.45, 2.75) is 6.92 Å². The molecular formula is C14H12N8O2. The number of nitro groups is 1. The zero-order valence-corrected chi connectivity index (χ0v) is 12.7. The Morgan fingerprint density at radius 3 is 2.50 bits per heavy atom. The molecule has 2 aromatic heterocycles. The summed E-state index contributed by atoms with van der Waals surface area (Å²) in [6, 6.07) is 7.15. The third kappa shape index (κ3) is 3.69. The van der Waals surface area contributed by atoms with Crippen molar-refractivity contribution in [2.75, 3.05) is 23.3 Å². The lowest BCUT2D eigenvalue weighted by atomic mass is 10.3. The average Bonchev–Trinajstić information content (AvgIpc) is 2.56. The molecule has 0 saturated carbocycles. The molecule has 0 saturated heterocycles. The van der Waals surface area contributed by atoms with Crippen LogP contribution < -0.4 is 10.2 Å². The van der Waals surface area contributed by atoms with Crippen LogP contribution in [0.3, 0.4) is 0 Å². The van der Waals surface area contributed by atoms with Crippen molar-refractivity contribution >= 4 is 23.1 Å². The predicted molar refractivity (Wildman–Crippen MR) is 84.4 cm³/mol. The first kappa shape index (κ1) is 16.6. The molecule has 2 aromatic rings. The summed E-state index contributed by atoms with van der Waals surface area (Å²) in [5.41, 5.74) is 0.512. The summed E-state index contributed by atoms with van der Waals surface area (Å²) in [6.07, 6.45) is 2.73. The normalized spacial score (nSPS) is 9.62. The third-order valence-electron chi connectivity index (χ3n) is 2.97. The minimum absolute atomic E-state index is 0.0674. The Bertz CT molecular complexity index is 806. The van der Waals surface area contributed by atoms with E-state index in [9.17, 15) is 10.1 Å². The molecule has 0 aliphatic heterocycles. The number of aryl methyl sites for hydroxylation is 1. The van der Waals surface area contributed by atoms with Gasteiger partial charge in [0.1, 0.15) is 25.2 Å². The molecule has 2 rings (SSSR count). The van der Waals surface area contributed by atoms with Crippen LogP contribution in [0.4, 0.5) is 23.1 Å². The fraction of sp³-hybridized carbons (Fsp3) is 0.214. The van der Waals surface area contributed by atoms with Gasteiger partial charge in [-0.05, 0) is 18.6 Å². The number of nitrogens with zero attached hydrogens (tertiary/aromatic N) is 7. The highest BCUT2D eigenvalue weighted by atomic mass is 16.6. The number of rotatable bonds is 6. The van der Waals surface area contributed by atoms with Gasteiger partial charge in [0.05, 0.1) is 17.1 Å². The van der Waals surface area contributed by atoms with E-state index in [0.29, 0.717) is 5.82 Å². The Kier molecular flexibility index (Phi) is 5.16. The number of nitriles is 2. The van der Waals surface area contributed by atoms with Gasteiger partial charge in [-0.15, -0.1) is 0 Å². The highest BCUT2D eigenvalue weighted by molar-refractivity contribution is 5.73.